The number of esters is 1. The molecule has 0 spiro atoms. The Balaban J connectivity index is 1.61. The lowest BCUT2D eigenvalue weighted by molar-refractivity contribution is -0.113. The number of thioether (sulfide) groups is 1. The molecule has 0 saturated heterocycles. The molecule has 0 radical (unpaired) electrons. The molecule has 0 aliphatic rings. The second kappa shape index (κ2) is 8.66. The van der Waals surface area contributed by atoms with Gasteiger partial charge in [0.2, 0.25) is 5.91 Å². The minimum Gasteiger partial charge on any atom is -0.465 e. The summed E-state index contributed by atoms with van der Waals surface area (Å²) in [5.74, 6) is -0.586. The number of nitrogens with one attached hydrogen (secondary N) is 1. The summed E-state index contributed by atoms with van der Waals surface area (Å²) in [5, 5.41) is 11.3. The molecule has 1 heterocycles. The Morgan fingerprint density at radius 3 is 2.54 bits per heavy atom. The summed E-state index contributed by atoms with van der Waals surface area (Å²) in [7, 11) is 3.02. The van der Waals surface area contributed by atoms with Crippen LogP contribution in [0.4, 0.5) is 10.1 Å². The van der Waals surface area contributed by atoms with E-state index in [4.69, 9.17) is 0 Å². The number of rotatable bonds is 6. The quantitative estimate of drug-likeness (QED) is 0.505. The number of hydrogen-bond acceptors (Lipinski definition) is 6. The summed E-state index contributed by atoms with van der Waals surface area (Å²) in [4.78, 5) is 23.6. The molecule has 3 aromatic rings. The van der Waals surface area contributed by atoms with E-state index in [0.717, 1.165) is 0 Å². The van der Waals surface area contributed by atoms with Gasteiger partial charge in [0.15, 0.2) is 11.0 Å². The van der Waals surface area contributed by atoms with E-state index >= 15 is 0 Å². The third-order valence-corrected chi connectivity index (χ3v) is 4.89. The van der Waals surface area contributed by atoms with Gasteiger partial charge in [0.25, 0.3) is 0 Å². The van der Waals surface area contributed by atoms with Gasteiger partial charge in [-0.15, -0.1) is 10.2 Å². The molecular formula is C19H17FN4O3S. The van der Waals surface area contributed by atoms with Crippen molar-refractivity contribution < 1.29 is 18.7 Å². The van der Waals surface area contributed by atoms with Crippen LogP contribution in [0.1, 0.15) is 10.4 Å². The molecule has 0 saturated carbocycles. The average molecular weight is 400 g/mol. The first-order chi connectivity index (χ1) is 13.5. The number of halogens is 1. The van der Waals surface area contributed by atoms with Gasteiger partial charge in [-0.3, -0.25) is 4.79 Å². The zero-order valence-corrected chi connectivity index (χ0v) is 16.0. The predicted molar refractivity (Wildman–Crippen MR) is 104 cm³/mol. The van der Waals surface area contributed by atoms with Crippen LogP contribution in [0.5, 0.6) is 0 Å². The van der Waals surface area contributed by atoms with Crippen molar-refractivity contribution in [2.45, 2.75) is 5.16 Å². The van der Waals surface area contributed by atoms with E-state index in [0.29, 0.717) is 27.8 Å². The Morgan fingerprint density at radius 1 is 1.14 bits per heavy atom. The number of methoxy groups -OCH3 is 1. The number of hydrogen-bond donors (Lipinski definition) is 1. The van der Waals surface area contributed by atoms with Crippen molar-refractivity contribution in [3.05, 3.63) is 59.9 Å². The standard InChI is InChI=1S/C19H17FN4O3S/c1-24-17(14-5-3-4-6-15(14)20)22-23-19(24)28-11-16(25)21-13-9-7-12(8-10-13)18(26)27-2/h3-10H,11H2,1-2H3,(H,21,25). The fourth-order valence-electron chi connectivity index (χ4n) is 2.45. The fraction of sp³-hybridized carbons (Fsp3) is 0.158. The van der Waals surface area contributed by atoms with Gasteiger partial charge in [-0.2, -0.15) is 0 Å². The first kappa shape index (κ1) is 19.6. The van der Waals surface area contributed by atoms with Crippen LogP contribution >= 0.6 is 11.8 Å². The average Bonchev–Trinajstić information content (AvgIpc) is 3.07. The maximum Gasteiger partial charge on any atom is 0.337 e. The zero-order valence-electron chi connectivity index (χ0n) is 15.2. The topological polar surface area (TPSA) is 86.1 Å². The molecule has 1 amide bonds. The molecule has 3 rings (SSSR count). The van der Waals surface area contributed by atoms with E-state index in [1.165, 1.54) is 24.9 Å². The van der Waals surface area contributed by atoms with Crippen LogP contribution in [0.15, 0.2) is 53.7 Å². The third-order valence-electron chi connectivity index (χ3n) is 3.87. The Hall–Kier alpha value is -3.20. The summed E-state index contributed by atoms with van der Waals surface area (Å²) in [6, 6.07) is 12.7. The van der Waals surface area contributed by atoms with Crippen molar-refractivity contribution in [3.63, 3.8) is 0 Å². The largest absolute Gasteiger partial charge is 0.465 e. The first-order valence-corrected chi connectivity index (χ1v) is 9.23. The zero-order chi connectivity index (χ0) is 20.1. The molecule has 144 valence electrons. The van der Waals surface area contributed by atoms with Gasteiger partial charge in [-0.25, -0.2) is 9.18 Å². The van der Waals surface area contributed by atoms with E-state index in [9.17, 15) is 14.0 Å². The van der Waals surface area contributed by atoms with Crippen molar-refractivity contribution in [2.75, 3.05) is 18.2 Å². The highest BCUT2D eigenvalue weighted by Gasteiger charge is 2.15. The van der Waals surface area contributed by atoms with Crippen LogP contribution in [0.2, 0.25) is 0 Å². The lowest BCUT2D eigenvalue weighted by atomic mass is 10.2. The first-order valence-electron chi connectivity index (χ1n) is 8.25. The van der Waals surface area contributed by atoms with Gasteiger partial charge in [-0.1, -0.05) is 23.9 Å². The molecule has 0 unspecified atom stereocenters. The number of ether oxygens (including phenoxy) is 1. The SMILES string of the molecule is COC(=O)c1ccc(NC(=O)CSc2nnc(-c3ccccc3F)n2C)cc1. The highest BCUT2D eigenvalue weighted by atomic mass is 32.2. The van der Waals surface area contributed by atoms with E-state index < -0.39 is 5.97 Å². The molecule has 0 fully saturated rings. The van der Waals surface area contributed by atoms with Gasteiger partial charge >= 0.3 is 5.97 Å². The molecule has 0 aliphatic heterocycles. The lowest BCUT2D eigenvalue weighted by Gasteiger charge is -2.07. The van der Waals surface area contributed by atoms with Gasteiger partial charge < -0.3 is 14.6 Å². The highest BCUT2D eigenvalue weighted by molar-refractivity contribution is 7.99. The predicted octanol–water partition coefficient (Wildman–Crippen LogP) is 3.14. The molecule has 2 aromatic carbocycles. The van der Waals surface area contributed by atoms with Crippen molar-refractivity contribution in [1.82, 2.24) is 14.8 Å². The number of amides is 1. The van der Waals surface area contributed by atoms with E-state index in [2.05, 4.69) is 20.3 Å². The monoisotopic (exact) mass is 400 g/mol. The Labute approximate surface area is 164 Å². The molecule has 1 aromatic heterocycles. The van der Waals surface area contributed by atoms with Gasteiger partial charge in [0.05, 0.1) is 24.0 Å². The highest BCUT2D eigenvalue weighted by Crippen LogP contribution is 2.24. The Kier molecular flexibility index (Phi) is 6.05. The summed E-state index contributed by atoms with van der Waals surface area (Å²) < 4.78 is 20.2. The van der Waals surface area contributed by atoms with Crippen LogP contribution in [0.25, 0.3) is 11.4 Å². The maximum absolute atomic E-state index is 13.9. The molecule has 0 atom stereocenters. The number of anilines is 1. The Bertz CT molecular complexity index is 1000. The molecule has 0 aliphatic carbocycles. The minimum atomic E-state index is -0.443. The van der Waals surface area contributed by atoms with Crippen LogP contribution < -0.4 is 5.32 Å². The van der Waals surface area contributed by atoms with Crippen molar-refractivity contribution in [1.29, 1.82) is 0 Å². The smallest absolute Gasteiger partial charge is 0.337 e. The number of aromatic nitrogens is 3. The van der Waals surface area contributed by atoms with Crippen LogP contribution in [0, 0.1) is 5.82 Å². The normalized spacial score (nSPS) is 10.5. The second-order valence-corrected chi connectivity index (χ2v) is 6.69. The van der Waals surface area contributed by atoms with Crippen LogP contribution in [-0.4, -0.2) is 39.5 Å². The lowest BCUT2D eigenvalue weighted by Crippen LogP contribution is -2.14. The minimum absolute atomic E-state index is 0.0992. The van der Waals surface area contributed by atoms with Crippen molar-refractivity contribution >= 4 is 29.3 Å². The summed E-state index contributed by atoms with van der Waals surface area (Å²) in [6.07, 6.45) is 0. The maximum atomic E-state index is 13.9. The summed E-state index contributed by atoms with van der Waals surface area (Å²) in [5.41, 5.74) is 1.30. The van der Waals surface area contributed by atoms with Crippen molar-refractivity contribution in [3.8, 4) is 11.4 Å². The number of carbonyl (C=O) groups excluding carboxylic acids is 2. The summed E-state index contributed by atoms with van der Waals surface area (Å²) in [6.45, 7) is 0. The molecule has 28 heavy (non-hydrogen) atoms. The number of nitrogens with zero attached hydrogens (tertiary/aromatic N) is 3. The van der Waals surface area contributed by atoms with E-state index in [1.807, 2.05) is 0 Å². The second-order valence-electron chi connectivity index (χ2n) is 5.75. The third kappa shape index (κ3) is 4.37. The van der Waals surface area contributed by atoms with E-state index in [1.54, 1.807) is 54.1 Å². The van der Waals surface area contributed by atoms with Crippen LogP contribution in [-0.2, 0) is 16.6 Å². The number of carbonyl (C=O) groups is 2. The molecule has 7 nitrogen and oxygen atoms in total. The van der Waals surface area contributed by atoms with Gasteiger partial charge in [0, 0.05) is 12.7 Å². The fourth-order valence-corrected chi connectivity index (χ4v) is 3.16. The molecular weight excluding hydrogens is 383 g/mol. The van der Waals surface area contributed by atoms with Gasteiger partial charge in [-0.05, 0) is 36.4 Å². The molecule has 9 heteroatoms. The molecule has 1 N–H and O–H groups in total. The molecule has 0 bridgehead atoms. The summed E-state index contributed by atoms with van der Waals surface area (Å²) >= 11 is 1.19. The number of benzene rings is 2. The van der Waals surface area contributed by atoms with Crippen LogP contribution in [0.3, 0.4) is 0 Å². The van der Waals surface area contributed by atoms with Gasteiger partial charge in [0.1, 0.15) is 5.82 Å². The van der Waals surface area contributed by atoms with Crippen molar-refractivity contribution in [2.24, 2.45) is 7.05 Å². The van der Waals surface area contributed by atoms with E-state index in [-0.39, 0.29) is 17.5 Å². The Morgan fingerprint density at radius 2 is 1.86 bits per heavy atom.